The molecular formula is C24H22FN3OS. The standard InChI is InChI=1S/C24H22FN3OS/c1-14-9-15(2)11-20(10-14)26-24-27-23(29)22(30-24)13-18-12-16(3)28(17(18)4)21-7-5-19(25)6-8-21/h5-13H,1-4H3,(H,26,27,29)/b22-13-. The maximum atomic E-state index is 13.3. The van der Waals surface area contributed by atoms with Crippen LogP contribution >= 0.6 is 11.8 Å². The van der Waals surface area contributed by atoms with Crippen LogP contribution in [0.4, 0.5) is 10.1 Å². The molecule has 6 heteroatoms. The van der Waals surface area contributed by atoms with Crippen molar-refractivity contribution < 1.29 is 9.18 Å². The van der Waals surface area contributed by atoms with Crippen LogP contribution in [0.1, 0.15) is 28.1 Å². The molecule has 0 unspecified atom stereocenters. The number of aryl methyl sites for hydroxylation is 3. The lowest BCUT2D eigenvalue weighted by Gasteiger charge is -2.09. The van der Waals surface area contributed by atoms with Crippen LogP contribution in [0, 0.1) is 33.5 Å². The quantitative estimate of drug-likeness (QED) is 0.550. The van der Waals surface area contributed by atoms with Gasteiger partial charge in [-0.3, -0.25) is 4.79 Å². The second-order valence-corrected chi connectivity index (χ2v) is 8.50. The first kappa shape index (κ1) is 20.2. The summed E-state index contributed by atoms with van der Waals surface area (Å²) in [5.41, 5.74) is 6.92. The first-order chi connectivity index (χ1) is 14.3. The third-order valence-electron chi connectivity index (χ3n) is 4.93. The van der Waals surface area contributed by atoms with Gasteiger partial charge in [-0.1, -0.05) is 6.07 Å². The maximum Gasteiger partial charge on any atom is 0.264 e. The highest BCUT2D eigenvalue weighted by Crippen LogP contribution is 2.31. The Kier molecular flexibility index (Phi) is 5.35. The van der Waals surface area contributed by atoms with Crippen LogP contribution < -0.4 is 5.32 Å². The number of nitrogens with one attached hydrogen (secondary N) is 1. The number of halogens is 1. The molecule has 1 saturated heterocycles. The normalized spacial score (nSPS) is 16.5. The van der Waals surface area contributed by atoms with Crippen molar-refractivity contribution in [1.29, 1.82) is 0 Å². The van der Waals surface area contributed by atoms with Crippen molar-refractivity contribution in [1.82, 2.24) is 9.88 Å². The number of amides is 1. The topological polar surface area (TPSA) is 46.4 Å². The van der Waals surface area contributed by atoms with Crippen LogP contribution in [-0.4, -0.2) is 15.6 Å². The molecule has 1 aromatic heterocycles. The number of hydrogen-bond donors (Lipinski definition) is 1. The molecule has 152 valence electrons. The zero-order valence-corrected chi connectivity index (χ0v) is 18.1. The number of benzene rings is 2. The van der Waals surface area contributed by atoms with E-state index in [4.69, 9.17) is 0 Å². The predicted octanol–water partition coefficient (Wildman–Crippen LogP) is 5.74. The zero-order chi connectivity index (χ0) is 21.4. The third-order valence-corrected chi connectivity index (χ3v) is 5.84. The summed E-state index contributed by atoms with van der Waals surface area (Å²) >= 11 is 1.33. The summed E-state index contributed by atoms with van der Waals surface area (Å²) in [5, 5.41) is 3.42. The number of aliphatic imine (C=N–C) groups is 1. The van der Waals surface area contributed by atoms with Crippen molar-refractivity contribution in [3.63, 3.8) is 0 Å². The Hall–Kier alpha value is -3.12. The van der Waals surface area contributed by atoms with E-state index in [0.29, 0.717) is 10.1 Å². The number of carbonyl (C=O) groups is 1. The molecule has 3 aromatic rings. The van der Waals surface area contributed by atoms with Gasteiger partial charge in [-0.15, -0.1) is 0 Å². The molecule has 0 spiro atoms. The number of thioether (sulfide) groups is 1. The van der Waals surface area contributed by atoms with E-state index in [2.05, 4.69) is 16.4 Å². The molecule has 1 amide bonds. The largest absolute Gasteiger partial charge is 0.318 e. The minimum Gasteiger partial charge on any atom is -0.318 e. The third kappa shape index (κ3) is 4.09. The van der Waals surface area contributed by atoms with Gasteiger partial charge in [0.2, 0.25) is 0 Å². The number of aromatic nitrogens is 1. The van der Waals surface area contributed by atoms with Gasteiger partial charge >= 0.3 is 0 Å². The van der Waals surface area contributed by atoms with Crippen LogP contribution in [0.5, 0.6) is 0 Å². The lowest BCUT2D eigenvalue weighted by molar-refractivity contribution is -0.115. The van der Waals surface area contributed by atoms with Crippen molar-refractivity contribution in [2.24, 2.45) is 4.99 Å². The average Bonchev–Trinajstić information content (AvgIpc) is 3.14. The van der Waals surface area contributed by atoms with Crippen LogP contribution in [0.3, 0.4) is 0 Å². The molecule has 0 saturated carbocycles. The molecule has 30 heavy (non-hydrogen) atoms. The highest BCUT2D eigenvalue weighted by atomic mass is 32.2. The van der Waals surface area contributed by atoms with Gasteiger partial charge < -0.3 is 9.88 Å². The molecule has 1 aliphatic heterocycles. The minimum atomic E-state index is -0.266. The summed E-state index contributed by atoms with van der Waals surface area (Å²) < 4.78 is 15.3. The van der Waals surface area contributed by atoms with Gasteiger partial charge in [-0.2, -0.15) is 0 Å². The summed E-state index contributed by atoms with van der Waals surface area (Å²) in [7, 11) is 0. The van der Waals surface area contributed by atoms with Gasteiger partial charge in [0, 0.05) is 17.1 Å². The van der Waals surface area contributed by atoms with Gasteiger partial charge in [0.25, 0.3) is 5.91 Å². The van der Waals surface area contributed by atoms with Crippen molar-refractivity contribution >= 4 is 34.6 Å². The van der Waals surface area contributed by atoms with Crippen molar-refractivity contribution in [3.8, 4) is 5.69 Å². The smallest absolute Gasteiger partial charge is 0.264 e. The van der Waals surface area contributed by atoms with Gasteiger partial charge in [0.15, 0.2) is 5.17 Å². The molecule has 0 bridgehead atoms. The number of amidine groups is 1. The van der Waals surface area contributed by atoms with E-state index in [1.165, 1.54) is 23.9 Å². The molecule has 0 radical (unpaired) electrons. The van der Waals surface area contributed by atoms with E-state index in [1.54, 1.807) is 12.1 Å². The fraction of sp³-hybridized carbons (Fsp3) is 0.167. The highest BCUT2D eigenvalue weighted by Gasteiger charge is 2.24. The second kappa shape index (κ2) is 7.95. The Balaban J connectivity index is 1.64. The zero-order valence-electron chi connectivity index (χ0n) is 17.3. The number of hydrogen-bond acceptors (Lipinski definition) is 3. The lowest BCUT2D eigenvalue weighted by atomic mass is 10.1. The Bertz CT molecular complexity index is 1190. The van der Waals surface area contributed by atoms with Crippen LogP contribution in [0.15, 0.2) is 58.4 Å². The first-order valence-electron chi connectivity index (χ1n) is 9.63. The molecule has 4 rings (SSSR count). The van der Waals surface area contributed by atoms with E-state index in [1.807, 2.05) is 56.5 Å². The molecule has 1 fully saturated rings. The van der Waals surface area contributed by atoms with Crippen molar-refractivity contribution in [2.45, 2.75) is 27.7 Å². The fourth-order valence-electron chi connectivity index (χ4n) is 3.68. The van der Waals surface area contributed by atoms with Gasteiger partial charge in [0.1, 0.15) is 5.82 Å². The number of nitrogens with zero attached hydrogens (tertiary/aromatic N) is 2. The molecule has 2 heterocycles. The minimum absolute atomic E-state index is 0.158. The van der Waals surface area contributed by atoms with Crippen LogP contribution in [-0.2, 0) is 4.79 Å². The number of rotatable bonds is 3. The summed E-state index contributed by atoms with van der Waals surface area (Å²) in [6, 6.07) is 14.5. The van der Waals surface area contributed by atoms with E-state index >= 15 is 0 Å². The fourth-order valence-corrected chi connectivity index (χ4v) is 4.51. The maximum absolute atomic E-state index is 13.3. The first-order valence-corrected chi connectivity index (χ1v) is 10.4. The summed E-state index contributed by atoms with van der Waals surface area (Å²) in [6.07, 6.45) is 1.88. The van der Waals surface area contributed by atoms with Crippen LogP contribution in [0.25, 0.3) is 11.8 Å². The SMILES string of the molecule is Cc1cc(C)cc(N=C2NC(=O)/C(=C/c3cc(C)n(-c4ccc(F)cc4)c3C)S2)c1. The summed E-state index contributed by atoms with van der Waals surface area (Å²) in [4.78, 5) is 17.7. The lowest BCUT2D eigenvalue weighted by Crippen LogP contribution is -2.19. The Morgan fingerprint density at radius 1 is 1.00 bits per heavy atom. The highest BCUT2D eigenvalue weighted by molar-refractivity contribution is 8.18. The number of carbonyl (C=O) groups excluding carboxylic acids is 1. The summed E-state index contributed by atoms with van der Waals surface area (Å²) in [6.45, 7) is 8.04. The molecule has 1 aliphatic rings. The molecule has 0 aliphatic carbocycles. The Morgan fingerprint density at radius 2 is 1.67 bits per heavy atom. The van der Waals surface area contributed by atoms with Crippen molar-refractivity contribution in [3.05, 3.63) is 87.3 Å². The molecular weight excluding hydrogens is 397 g/mol. The molecule has 4 nitrogen and oxygen atoms in total. The van der Waals surface area contributed by atoms with E-state index < -0.39 is 0 Å². The van der Waals surface area contributed by atoms with E-state index in [9.17, 15) is 9.18 Å². The molecule has 2 aromatic carbocycles. The van der Waals surface area contributed by atoms with Gasteiger partial charge in [0.05, 0.1) is 10.6 Å². The summed E-state index contributed by atoms with van der Waals surface area (Å²) in [5.74, 6) is -0.423. The average molecular weight is 420 g/mol. The second-order valence-electron chi connectivity index (χ2n) is 7.47. The molecule has 1 N–H and O–H groups in total. The molecule has 0 atom stereocenters. The van der Waals surface area contributed by atoms with E-state index in [0.717, 1.165) is 39.5 Å². The van der Waals surface area contributed by atoms with Crippen LogP contribution in [0.2, 0.25) is 0 Å². The predicted molar refractivity (Wildman–Crippen MR) is 122 cm³/mol. The van der Waals surface area contributed by atoms with E-state index in [-0.39, 0.29) is 11.7 Å². The van der Waals surface area contributed by atoms with Gasteiger partial charge in [-0.05, 0) is 105 Å². The van der Waals surface area contributed by atoms with Gasteiger partial charge in [-0.25, -0.2) is 9.38 Å². The Morgan fingerprint density at radius 3 is 2.33 bits per heavy atom. The Labute approximate surface area is 179 Å². The van der Waals surface area contributed by atoms with Crippen molar-refractivity contribution in [2.75, 3.05) is 0 Å². The monoisotopic (exact) mass is 419 g/mol.